The van der Waals surface area contributed by atoms with Crippen LogP contribution in [0.2, 0.25) is 0 Å². The van der Waals surface area contributed by atoms with Crippen molar-refractivity contribution in [3.05, 3.63) is 52.8 Å². The number of rotatable bonds is 3. The van der Waals surface area contributed by atoms with Crippen LogP contribution in [0, 0.1) is 6.92 Å². The van der Waals surface area contributed by atoms with E-state index in [-0.39, 0.29) is 12.0 Å². The van der Waals surface area contributed by atoms with Crippen LogP contribution >= 0.6 is 0 Å². The van der Waals surface area contributed by atoms with E-state index in [2.05, 4.69) is 5.10 Å². The molecule has 3 nitrogen and oxygen atoms in total. The van der Waals surface area contributed by atoms with Gasteiger partial charge < -0.3 is 5.11 Å². The molecule has 0 aliphatic heterocycles. The molecule has 0 fully saturated rings. The Balaban J connectivity index is 2.21. The van der Waals surface area contributed by atoms with Crippen molar-refractivity contribution < 1.29 is 18.3 Å². The highest BCUT2D eigenvalue weighted by Gasteiger charge is 2.30. The summed E-state index contributed by atoms with van der Waals surface area (Å²) in [5, 5.41) is 14.2. The van der Waals surface area contributed by atoms with E-state index in [1.54, 1.807) is 17.8 Å². The monoisotopic (exact) mass is 284 g/mol. The SMILES string of the molecule is Cc1cc(CC(O)c2cccc(C(F)(F)F)c2)n(C)n1. The number of hydrogen-bond donors (Lipinski definition) is 1. The topological polar surface area (TPSA) is 38.0 Å². The molecule has 1 N–H and O–H groups in total. The van der Waals surface area contributed by atoms with Gasteiger partial charge in [0.05, 0.1) is 17.4 Å². The smallest absolute Gasteiger partial charge is 0.388 e. The fourth-order valence-corrected chi connectivity index (χ4v) is 2.09. The number of benzene rings is 1. The van der Waals surface area contributed by atoms with Crippen molar-refractivity contribution in [1.29, 1.82) is 0 Å². The summed E-state index contributed by atoms with van der Waals surface area (Å²) in [6, 6.07) is 6.56. The summed E-state index contributed by atoms with van der Waals surface area (Å²) in [5.41, 5.74) is 1.07. The maximum Gasteiger partial charge on any atom is 0.416 e. The van der Waals surface area contributed by atoms with E-state index >= 15 is 0 Å². The number of halogens is 3. The van der Waals surface area contributed by atoms with Gasteiger partial charge in [0.1, 0.15) is 0 Å². The lowest BCUT2D eigenvalue weighted by Crippen LogP contribution is -2.09. The van der Waals surface area contributed by atoms with E-state index in [9.17, 15) is 18.3 Å². The van der Waals surface area contributed by atoms with Crippen LogP contribution in [-0.2, 0) is 19.6 Å². The highest BCUT2D eigenvalue weighted by molar-refractivity contribution is 5.28. The van der Waals surface area contributed by atoms with Crippen molar-refractivity contribution in [1.82, 2.24) is 9.78 Å². The standard InChI is InChI=1S/C14H15F3N2O/c1-9-6-12(19(2)18-9)8-13(20)10-4-3-5-11(7-10)14(15,16)17/h3-7,13,20H,8H2,1-2H3. The van der Waals surface area contributed by atoms with Gasteiger partial charge in [-0.1, -0.05) is 12.1 Å². The van der Waals surface area contributed by atoms with E-state index in [0.29, 0.717) is 0 Å². The molecule has 108 valence electrons. The predicted octanol–water partition coefficient (Wildman–Crippen LogP) is 3.02. The maximum absolute atomic E-state index is 12.6. The molecule has 2 rings (SSSR count). The fraction of sp³-hybridized carbons (Fsp3) is 0.357. The molecule has 0 saturated carbocycles. The Morgan fingerprint density at radius 1 is 1.30 bits per heavy atom. The summed E-state index contributed by atoms with van der Waals surface area (Å²) in [5.74, 6) is 0. The molecular weight excluding hydrogens is 269 g/mol. The zero-order chi connectivity index (χ0) is 14.9. The second-order valence-electron chi connectivity index (χ2n) is 4.74. The molecule has 20 heavy (non-hydrogen) atoms. The minimum atomic E-state index is -4.40. The molecule has 1 unspecified atom stereocenters. The van der Waals surface area contributed by atoms with E-state index < -0.39 is 17.8 Å². The maximum atomic E-state index is 12.6. The van der Waals surface area contributed by atoms with Crippen molar-refractivity contribution in [2.75, 3.05) is 0 Å². The van der Waals surface area contributed by atoms with Gasteiger partial charge in [-0.2, -0.15) is 18.3 Å². The van der Waals surface area contributed by atoms with Crippen molar-refractivity contribution in [3.63, 3.8) is 0 Å². The Hall–Kier alpha value is -1.82. The molecule has 1 aromatic heterocycles. The molecule has 0 aliphatic carbocycles. The Kier molecular flexibility index (Phi) is 3.85. The van der Waals surface area contributed by atoms with E-state index in [1.165, 1.54) is 12.1 Å². The van der Waals surface area contributed by atoms with Crippen LogP contribution < -0.4 is 0 Å². The highest BCUT2D eigenvalue weighted by atomic mass is 19.4. The summed E-state index contributed by atoms with van der Waals surface area (Å²) in [6.45, 7) is 1.82. The van der Waals surface area contributed by atoms with Crippen LogP contribution in [0.1, 0.15) is 28.6 Å². The van der Waals surface area contributed by atoms with Crippen LogP contribution in [-0.4, -0.2) is 14.9 Å². The summed E-state index contributed by atoms with van der Waals surface area (Å²) < 4.78 is 39.5. The Morgan fingerprint density at radius 3 is 2.55 bits per heavy atom. The van der Waals surface area contributed by atoms with Crippen molar-refractivity contribution in [2.24, 2.45) is 7.05 Å². The minimum Gasteiger partial charge on any atom is -0.388 e. The van der Waals surface area contributed by atoms with E-state index in [1.807, 2.05) is 6.92 Å². The first-order valence-corrected chi connectivity index (χ1v) is 6.12. The second-order valence-corrected chi connectivity index (χ2v) is 4.74. The summed E-state index contributed by atoms with van der Waals surface area (Å²) in [6.07, 6.45) is -5.18. The third-order valence-corrected chi connectivity index (χ3v) is 3.10. The zero-order valence-electron chi connectivity index (χ0n) is 11.1. The summed E-state index contributed by atoms with van der Waals surface area (Å²) >= 11 is 0. The molecule has 6 heteroatoms. The summed E-state index contributed by atoms with van der Waals surface area (Å²) in [7, 11) is 1.74. The molecule has 0 radical (unpaired) electrons. The van der Waals surface area contributed by atoms with E-state index in [4.69, 9.17) is 0 Å². The van der Waals surface area contributed by atoms with Crippen LogP contribution in [0.3, 0.4) is 0 Å². The molecule has 1 heterocycles. The van der Waals surface area contributed by atoms with Gasteiger partial charge in [0, 0.05) is 19.2 Å². The van der Waals surface area contributed by atoms with Gasteiger partial charge in [-0.15, -0.1) is 0 Å². The largest absolute Gasteiger partial charge is 0.416 e. The molecular formula is C14H15F3N2O. The number of alkyl halides is 3. The fourth-order valence-electron chi connectivity index (χ4n) is 2.09. The molecule has 0 amide bonds. The first-order chi connectivity index (χ1) is 9.27. The lowest BCUT2D eigenvalue weighted by atomic mass is 10.0. The van der Waals surface area contributed by atoms with Gasteiger partial charge in [-0.3, -0.25) is 4.68 Å². The number of nitrogens with zero attached hydrogens (tertiary/aromatic N) is 2. The number of aryl methyl sites for hydroxylation is 2. The Bertz CT molecular complexity index is 605. The lowest BCUT2D eigenvalue weighted by Gasteiger charge is -2.13. The molecule has 1 aromatic carbocycles. The predicted molar refractivity (Wildman–Crippen MR) is 68.1 cm³/mol. The quantitative estimate of drug-likeness (QED) is 0.940. The van der Waals surface area contributed by atoms with Gasteiger partial charge in [0.2, 0.25) is 0 Å². The first-order valence-electron chi connectivity index (χ1n) is 6.12. The molecule has 0 bridgehead atoms. The first kappa shape index (κ1) is 14.6. The number of hydrogen-bond acceptors (Lipinski definition) is 2. The molecule has 0 aliphatic rings. The normalized spacial score (nSPS) is 13.5. The Labute approximate surface area is 114 Å². The zero-order valence-corrected chi connectivity index (χ0v) is 11.1. The third-order valence-electron chi connectivity index (χ3n) is 3.10. The average molecular weight is 284 g/mol. The average Bonchev–Trinajstić information content (AvgIpc) is 2.67. The van der Waals surface area contributed by atoms with E-state index in [0.717, 1.165) is 23.5 Å². The van der Waals surface area contributed by atoms with Crippen LogP contribution in [0.15, 0.2) is 30.3 Å². The Morgan fingerprint density at radius 2 is 2.00 bits per heavy atom. The number of aromatic nitrogens is 2. The molecule has 2 aromatic rings. The van der Waals surface area contributed by atoms with Crippen LogP contribution in [0.4, 0.5) is 13.2 Å². The van der Waals surface area contributed by atoms with Gasteiger partial charge >= 0.3 is 6.18 Å². The minimum absolute atomic E-state index is 0.221. The number of aliphatic hydroxyl groups is 1. The van der Waals surface area contributed by atoms with Gasteiger partial charge in [0.25, 0.3) is 0 Å². The van der Waals surface area contributed by atoms with Gasteiger partial charge in [0.15, 0.2) is 0 Å². The van der Waals surface area contributed by atoms with Crippen molar-refractivity contribution >= 4 is 0 Å². The third kappa shape index (κ3) is 3.19. The van der Waals surface area contributed by atoms with Gasteiger partial charge in [-0.25, -0.2) is 0 Å². The summed E-state index contributed by atoms with van der Waals surface area (Å²) in [4.78, 5) is 0. The highest BCUT2D eigenvalue weighted by Crippen LogP contribution is 2.31. The molecule has 0 spiro atoms. The molecule has 0 saturated heterocycles. The second kappa shape index (κ2) is 5.28. The van der Waals surface area contributed by atoms with Crippen LogP contribution in [0.25, 0.3) is 0 Å². The lowest BCUT2D eigenvalue weighted by molar-refractivity contribution is -0.137. The van der Waals surface area contributed by atoms with Crippen molar-refractivity contribution in [2.45, 2.75) is 25.6 Å². The van der Waals surface area contributed by atoms with Gasteiger partial charge in [-0.05, 0) is 30.7 Å². The van der Waals surface area contributed by atoms with Crippen LogP contribution in [0.5, 0.6) is 0 Å². The van der Waals surface area contributed by atoms with Crippen molar-refractivity contribution in [3.8, 4) is 0 Å². The molecule has 1 atom stereocenters. The number of aliphatic hydroxyl groups excluding tert-OH is 1.